The minimum absolute atomic E-state index is 0.0462. The normalized spacial score (nSPS) is 13.6. The Morgan fingerprint density at radius 1 is 0.865 bits per heavy atom. The first-order valence-corrected chi connectivity index (χ1v) is 13.8. The zero-order valence-electron chi connectivity index (χ0n) is 23.9. The maximum atomic E-state index is 12.3. The number of rotatable bonds is 23. The van der Waals surface area contributed by atoms with Crippen molar-refractivity contribution in [3.8, 4) is 0 Å². The molecule has 214 valence electrons. The van der Waals surface area contributed by atoms with Gasteiger partial charge in [-0.15, -0.1) is 0 Å². The van der Waals surface area contributed by atoms with E-state index < -0.39 is 24.1 Å². The Balaban J connectivity index is 4.11. The van der Waals surface area contributed by atoms with Crippen LogP contribution in [0, 0.1) is 0 Å². The molecule has 8 nitrogen and oxygen atoms in total. The number of carboxylic acid groups (broad SMARTS) is 1. The van der Waals surface area contributed by atoms with Crippen LogP contribution in [0.5, 0.6) is 0 Å². The van der Waals surface area contributed by atoms with Crippen molar-refractivity contribution in [2.75, 3.05) is 41.0 Å². The molecule has 0 saturated carbocycles. The molecule has 0 bridgehead atoms. The zero-order valence-corrected chi connectivity index (χ0v) is 23.9. The summed E-state index contributed by atoms with van der Waals surface area (Å²) < 4.78 is 16.3. The Labute approximate surface area is 224 Å². The quantitative estimate of drug-likeness (QED) is 0.0818. The Morgan fingerprint density at radius 2 is 1.49 bits per heavy atom. The van der Waals surface area contributed by atoms with Crippen LogP contribution < -0.4 is 0 Å². The summed E-state index contributed by atoms with van der Waals surface area (Å²) in [7, 11) is 5.45. The van der Waals surface area contributed by atoms with Crippen LogP contribution in [0.2, 0.25) is 0 Å². The van der Waals surface area contributed by atoms with Crippen LogP contribution in [-0.4, -0.2) is 80.6 Å². The summed E-state index contributed by atoms with van der Waals surface area (Å²) in [5.74, 6) is -1.69. The van der Waals surface area contributed by atoms with Gasteiger partial charge >= 0.3 is 17.9 Å². The van der Waals surface area contributed by atoms with E-state index in [0.717, 1.165) is 44.9 Å². The van der Waals surface area contributed by atoms with Gasteiger partial charge in [-0.25, -0.2) is 4.79 Å². The van der Waals surface area contributed by atoms with Crippen LogP contribution in [0.15, 0.2) is 24.3 Å². The summed E-state index contributed by atoms with van der Waals surface area (Å²) in [6.07, 6.45) is 19.7. The van der Waals surface area contributed by atoms with E-state index in [9.17, 15) is 19.5 Å². The van der Waals surface area contributed by atoms with Gasteiger partial charge in [-0.3, -0.25) is 9.59 Å². The van der Waals surface area contributed by atoms with Gasteiger partial charge in [0.05, 0.1) is 34.4 Å². The van der Waals surface area contributed by atoms with E-state index >= 15 is 0 Å². The van der Waals surface area contributed by atoms with Crippen LogP contribution in [0.4, 0.5) is 0 Å². The lowest BCUT2D eigenvalue weighted by molar-refractivity contribution is -0.887. The predicted octanol–water partition coefficient (Wildman–Crippen LogP) is 5.45. The molecule has 37 heavy (non-hydrogen) atoms. The highest BCUT2D eigenvalue weighted by molar-refractivity contribution is 5.72. The van der Waals surface area contributed by atoms with Gasteiger partial charge < -0.3 is 23.8 Å². The zero-order chi connectivity index (χ0) is 27.9. The van der Waals surface area contributed by atoms with E-state index in [0.29, 0.717) is 12.8 Å². The van der Waals surface area contributed by atoms with E-state index in [1.165, 1.54) is 26.2 Å². The molecule has 0 aliphatic carbocycles. The Bertz CT molecular complexity index is 682. The molecule has 0 saturated heterocycles. The van der Waals surface area contributed by atoms with Crippen molar-refractivity contribution in [2.45, 2.75) is 103 Å². The molecule has 0 aromatic rings. The fourth-order valence-electron chi connectivity index (χ4n) is 3.71. The number of quaternary nitrogens is 1. The van der Waals surface area contributed by atoms with Crippen molar-refractivity contribution in [3.05, 3.63) is 24.3 Å². The first kappa shape index (κ1) is 34.8. The molecule has 0 rings (SSSR count). The standard InChI is InChI=1S/C29H51NO7/c1-6-7-8-9-10-11-12-13-14-15-16-17-18-19-20-28(32)37-26(24-36-25(2)31)23-35-22-21-27(29(33)34)30(3,4)5/h9-10,12-13,26-27H,6-8,11,14-24H2,1-5H3/p+1/b10-9-,13-12-. The van der Waals surface area contributed by atoms with Crippen LogP contribution >= 0.6 is 0 Å². The molecule has 0 spiro atoms. The van der Waals surface area contributed by atoms with E-state index in [-0.39, 0.29) is 30.3 Å². The summed E-state index contributed by atoms with van der Waals surface area (Å²) in [5.41, 5.74) is 0. The first-order valence-electron chi connectivity index (χ1n) is 13.8. The number of hydrogen-bond donors (Lipinski definition) is 1. The number of allylic oxidation sites excluding steroid dienone is 4. The molecular weight excluding hydrogens is 474 g/mol. The lowest BCUT2D eigenvalue weighted by Crippen LogP contribution is -2.50. The summed E-state index contributed by atoms with van der Waals surface area (Å²) >= 11 is 0. The molecule has 0 aromatic carbocycles. The van der Waals surface area contributed by atoms with E-state index in [4.69, 9.17) is 14.2 Å². The maximum absolute atomic E-state index is 12.3. The number of nitrogens with zero attached hydrogens (tertiary/aromatic N) is 1. The summed E-state index contributed by atoms with van der Waals surface area (Å²) in [4.78, 5) is 34.9. The topological polar surface area (TPSA) is 99.1 Å². The maximum Gasteiger partial charge on any atom is 0.362 e. The van der Waals surface area contributed by atoms with Crippen molar-refractivity contribution < 1.29 is 38.2 Å². The van der Waals surface area contributed by atoms with Gasteiger partial charge in [-0.2, -0.15) is 0 Å². The average molecular weight is 527 g/mol. The lowest BCUT2D eigenvalue weighted by atomic mass is 10.1. The largest absolute Gasteiger partial charge is 0.477 e. The third-order valence-electron chi connectivity index (χ3n) is 5.91. The second kappa shape index (κ2) is 21.9. The van der Waals surface area contributed by atoms with Crippen LogP contribution in [-0.2, 0) is 28.6 Å². The number of carbonyl (C=O) groups excluding carboxylic acids is 2. The molecule has 0 aliphatic rings. The van der Waals surface area contributed by atoms with Gasteiger partial charge in [0.2, 0.25) is 0 Å². The summed E-state index contributed by atoms with van der Waals surface area (Å²) in [5, 5.41) is 9.40. The third kappa shape index (κ3) is 21.6. The smallest absolute Gasteiger partial charge is 0.362 e. The van der Waals surface area contributed by atoms with E-state index in [1.807, 2.05) is 21.1 Å². The molecule has 8 heteroatoms. The Hall–Kier alpha value is -2.19. The summed E-state index contributed by atoms with van der Waals surface area (Å²) in [6.45, 7) is 3.66. The van der Waals surface area contributed by atoms with Crippen LogP contribution in [0.1, 0.15) is 90.9 Å². The van der Waals surface area contributed by atoms with Crippen molar-refractivity contribution in [1.82, 2.24) is 0 Å². The monoisotopic (exact) mass is 526 g/mol. The molecule has 0 amide bonds. The highest BCUT2D eigenvalue weighted by Gasteiger charge is 2.31. The molecule has 0 aliphatic heterocycles. The molecule has 2 unspecified atom stereocenters. The number of likely N-dealkylation sites (N-methyl/N-ethyl adjacent to an activating group) is 1. The van der Waals surface area contributed by atoms with Crippen LogP contribution in [0.3, 0.4) is 0 Å². The van der Waals surface area contributed by atoms with Crippen LogP contribution in [0.25, 0.3) is 0 Å². The Kier molecular flexibility index (Phi) is 20.6. The molecular formula is C29H52NO7+. The van der Waals surface area contributed by atoms with Crippen molar-refractivity contribution in [1.29, 1.82) is 0 Å². The number of carboxylic acids is 1. The van der Waals surface area contributed by atoms with Crippen molar-refractivity contribution in [2.24, 2.45) is 0 Å². The lowest BCUT2D eigenvalue weighted by Gasteiger charge is -2.31. The van der Waals surface area contributed by atoms with Gasteiger partial charge in [0.1, 0.15) is 6.61 Å². The molecule has 0 heterocycles. The first-order chi connectivity index (χ1) is 17.6. The highest BCUT2D eigenvalue weighted by atomic mass is 16.6. The van der Waals surface area contributed by atoms with E-state index in [1.54, 1.807) is 0 Å². The Morgan fingerprint density at radius 3 is 2.08 bits per heavy atom. The SMILES string of the molecule is CCCC/C=C\C/C=C\CCCCCCCC(=O)OC(COCCC(C(=O)O)[N+](C)(C)C)COC(C)=O. The minimum atomic E-state index is -0.888. The molecule has 0 radical (unpaired) electrons. The second-order valence-electron chi connectivity index (χ2n) is 10.4. The van der Waals surface area contributed by atoms with Gasteiger partial charge in [-0.05, 0) is 32.1 Å². The molecule has 1 N–H and O–H groups in total. The van der Waals surface area contributed by atoms with Crippen molar-refractivity contribution >= 4 is 17.9 Å². The number of unbranched alkanes of at least 4 members (excludes halogenated alkanes) is 7. The van der Waals surface area contributed by atoms with Crippen molar-refractivity contribution in [3.63, 3.8) is 0 Å². The number of carbonyl (C=O) groups is 3. The summed E-state index contributed by atoms with van der Waals surface area (Å²) in [6, 6.07) is -0.608. The van der Waals surface area contributed by atoms with Gasteiger partial charge in [0, 0.05) is 19.8 Å². The highest BCUT2D eigenvalue weighted by Crippen LogP contribution is 2.11. The molecule has 0 aromatic heterocycles. The van der Waals surface area contributed by atoms with Gasteiger partial charge in [-0.1, -0.05) is 63.3 Å². The number of ether oxygens (including phenoxy) is 3. The van der Waals surface area contributed by atoms with E-state index in [2.05, 4.69) is 31.2 Å². The predicted molar refractivity (Wildman–Crippen MR) is 146 cm³/mol. The molecule has 0 fully saturated rings. The fourth-order valence-corrected chi connectivity index (χ4v) is 3.71. The number of esters is 2. The van der Waals surface area contributed by atoms with Gasteiger partial charge in [0.15, 0.2) is 12.1 Å². The minimum Gasteiger partial charge on any atom is -0.477 e. The number of hydrogen-bond acceptors (Lipinski definition) is 6. The average Bonchev–Trinajstić information content (AvgIpc) is 2.81. The second-order valence-corrected chi connectivity index (χ2v) is 10.4. The number of aliphatic carboxylic acids is 1. The molecule has 2 atom stereocenters. The fraction of sp³-hybridized carbons (Fsp3) is 0.759. The third-order valence-corrected chi connectivity index (χ3v) is 5.91. The van der Waals surface area contributed by atoms with Gasteiger partial charge in [0.25, 0.3) is 0 Å².